The van der Waals surface area contributed by atoms with Crippen LogP contribution in [0.15, 0.2) is 60.7 Å². The maximum absolute atomic E-state index is 10.4. The number of rotatable bonds is 9. The Bertz CT molecular complexity index is 765. The molecule has 1 heterocycles. The Morgan fingerprint density at radius 1 is 1.03 bits per heavy atom. The molecule has 0 aliphatic carbocycles. The number of benzene rings is 2. The van der Waals surface area contributed by atoms with Crippen LogP contribution in [0.2, 0.25) is 0 Å². The first kappa shape index (κ1) is 24.3. The Balaban J connectivity index is 1.78. The van der Waals surface area contributed by atoms with Crippen LogP contribution in [0.3, 0.4) is 0 Å². The van der Waals surface area contributed by atoms with Gasteiger partial charge in [-0.05, 0) is 44.7 Å². The lowest BCUT2D eigenvalue weighted by Gasteiger charge is -2.42. The molecule has 1 aliphatic rings. The van der Waals surface area contributed by atoms with Crippen molar-refractivity contribution in [1.82, 2.24) is 4.31 Å². The molecule has 0 bridgehead atoms. The number of hydrogen-bond acceptors (Lipinski definition) is 5. The van der Waals surface area contributed by atoms with E-state index in [0.29, 0.717) is 13.2 Å². The Morgan fingerprint density at radius 3 is 2.23 bits per heavy atom. The van der Waals surface area contributed by atoms with E-state index >= 15 is 0 Å². The third kappa shape index (κ3) is 7.92. The van der Waals surface area contributed by atoms with Gasteiger partial charge in [-0.3, -0.25) is 0 Å². The molecule has 0 spiro atoms. The summed E-state index contributed by atoms with van der Waals surface area (Å²) in [5.41, 5.74) is 2.43. The van der Waals surface area contributed by atoms with Crippen molar-refractivity contribution in [3.63, 3.8) is 0 Å². The lowest BCUT2D eigenvalue weighted by atomic mass is 9.95. The number of hydrogen-bond donors (Lipinski definition) is 1. The van der Waals surface area contributed by atoms with Gasteiger partial charge < -0.3 is 14.6 Å². The summed E-state index contributed by atoms with van der Waals surface area (Å²) in [5.74, 6) is 0.167. The van der Waals surface area contributed by atoms with Crippen LogP contribution in [-0.2, 0) is 22.6 Å². The van der Waals surface area contributed by atoms with E-state index in [1.807, 2.05) is 43.1 Å². The molecule has 1 saturated heterocycles. The molecular weight excluding hydrogens is 406 g/mol. The van der Waals surface area contributed by atoms with Gasteiger partial charge in [-0.2, -0.15) is 0 Å². The molecule has 4 unspecified atom stereocenters. The molecule has 2 aromatic rings. The maximum atomic E-state index is 10.4. The molecule has 0 aromatic heterocycles. The van der Waals surface area contributed by atoms with Crippen molar-refractivity contribution in [2.24, 2.45) is 5.92 Å². The highest BCUT2D eigenvalue weighted by molar-refractivity contribution is 7.98. The summed E-state index contributed by atoms with van der Waals surface area (Å²) in [4.78, 5) is 0. The van der Waals surface area contributed by atoms with Gasteiger partial charge in [-0.1, -0.05) is 79.5 Å². The van der Waals surface area contributed by atoms with Crippen molar-refractivity contribution in [2.75, 3.05) is 6.61 Å². The lowest BCUT2D eigenvalue weighted by Crippen LogP contribution is -2.49. The minimum absolute atomic E-state index is 0.0373. The zero-order chi connectivity index (χ0) is 22.3. The van der Waals surface area contributed by atoms with E-state index in [2.05, 4.69) is 61.5 Å². The second kappa shape index (κ2) is 11.5. The fraction of sp³-hybridized carbons (Fsp3) is 0.538. The zero-order valence-corrected chi connectivity index (χ0v) is 20.1. The van der Waals surface area contributed by atoms with E-state index in [1.165, 1.54) is 5.56 Å². The number of nitrogens with zero attached hydrogens (tertiary/aromatic N) is 1. The number of aliphatic hydroxyl groups is 1. The molecule has 31 heavy (non-hydrogen) atoms. The van der Waals surface area contributed by atoms with Crippen LogP contribution in [0.1, 0.15) is 51.7 Å². The topological polar surface area (TPSA) is 41.9 Å². The van der Waals surface area contributed by atoms with Crippen LogP contribution in [0.5, 0.6) is 0 Å². The average Bonchev–Trinajstić information content (AvgIpc) is 2.73. The lowest BCUT2D eigenvalue weighted by molar-refractivity contribution is -0.205. The van der Waals surface area contributed by atoms with Crippen molar-refractivity contribution in [1.29, 1.82) is 0 Å². The van der Waals surface area contributed by atoms with Gasteiger partial charge >= 0.3 is 0 Å². The van der Waals surface area contributed by atoms with Gasteiger partial charge in [0, 0.05) is 17.2 Å². The Kier molecular flexibility index (Phi) is 8.99. The fourth-order valence-electron chi connectivity index (χ4n) is 3.81. The second-order valence-corrected chi connectivity index (χ2v) is 11.3. The first-order chi connectivity index (χ1) is 14.8. The standard InChI is InChI=1S/C26H37NO3S/c1-20-15-16-24(30-25(20)28)23(19-29-18-22-13-9-6-10-14-22)27(31-26(2,3)4)17-21-11-7-5-8-12-21/h5-14,20,23-25,28H,15-19H2,1-4H3. The predicted octanol–water partition coefficient (Wildman–Crippen LogP) is 5.65. The first-order valence-corrected chi connectivity index (χ1v) is 12.0. The normalized spacial score (nSPS) is 23.1. The van der Waals surface area contributed by atoms with Gasteiger partial charge in [-0.25, -0.2) is 4.31 Å². The van der Waals surface area contributed by atoms with Crippen LogP contribution in [0.4, 0.5) is 0 Å². The highest BCUT2D eigenvalue weighted by atomic mass is 32.2. The smallest absolute Gasteiger partial charge is 0.157 e. The van der Waals surface area contributed by atoms with E-state index in [0.717, 1.165) is 24.9 Å². The van der Waals surface area contributed by atoms with E-state index in [9.17, 15) is 5.11 Å². The molecule has 5 heteroatoms. The fourth-order valence-corrected chi connectivity index (χ4v) is 5.06. The molecular formula is C26H37NO3S. The summed E-state index contributed by atoms with van der Waals surface area (Å²) in [6, 6.07) is 20.8. The van der Waals surface area contributed by atoms with Crippen LogP contribution in [-0.4, -0.2) is 39.2 Å². The van der Waals surface area contributed by atoms with Crippen molar-refractivity contribution in [3.8, 4) is 0 Å². The minimum Gasteiger partial charge on any atom is -0.375 e. The first-order valence-electron chi connectivity index (χ1n) is 11.3. The Hall–Kier alpha value is -1.37. The number of aliphatic hydroxyl groups excluding tert-OH is 1. The number of ether oxygens (including phenoxy) is 2. The Morgan fingerprint density at radius 2 is 1.65 bits per heavy atom. The monoisotopic (exact) mass is 443 g/mol. The second-order valence-electron chi connectivity index (χ2n) is 9.45. The highest BCUT2D eigenvalue weighted by Gasteiger charge is 2.37. The summed E-state index contributed by atoms with van der Waals surface area (Å²) >= 11 is 1.84. The maximum Gasteiger partial charge on any atom is 0.157 e. The van der Waals surface area contributed by atoms with Crippen LogP contribution in [0.25, 0.3) is 0 Å². The average molecular weight is 444 g/mol. The third-order valence-corrected chi connectivity index (χ3v) is 6.66. The zero-order valence-electron chi connectivity index (χ0n) is 19.2. The van der Waals surface area contributed by atoms with Crippen molar-refractivity contribution >= 4 is 11.9 Å². The largest absolute Gasteiger partial charge is 0.375 e. The minimum atomic E-state index is -0.714. The van der Waals surface area contributed by atoms with Crippen LogP contribution in [0, 0.1) is 5.92 Å². The molecule has 1 fully saturated rings. The van der Waals surface area contributed by atoms with Crippen LogP contribution >= 0.6 is 11.9 Å². The highest BCUT2D eigenvalue weighted by Crippen LogP contribution is 2.35. The summed E-state index contributed by atoms with van der Waals surface area (Å²) in [7, 11) is 0. The van der Waals surface area contributed by atoms with Gasteiger partial charge in [0.2, 0.25) is 0 Å². The van der Waals surface area contributed by atoms with Crippen molar-refractivity contribution in [3.05, 3.63) is 71.8 Å². The molecule has 0 amide bonds. The van der Waals surface area contributed by atoms with Crippen molar-refractivity contribution < 1.29 is 14.6 Å². The van der Waals surface area contributed by atoms with Gasteiger partial charge in [0.05, 0.1) is 25.4 Å². The molecule has 3 rings (SSSR count). The van der Waals surface area contributed by atoms with Gasteiger partial charge in [0.1, 0.15) is 0 Å². The summed E-state index contributed by atoms with van der Waals surface area (Å²) < 4.78 is 14.8. The van der Waals surface area contributed by atoms with E-state index < -0.39 is 6.29 Å². The Labute approximate surface area is 192 Å². The van der Waals surface area contributed by atoms with Gasteiger partial charge in [-0.15, -0.1) is 0 Å². The van der Waals surface area contributed by atoms with Gasteiger partial charge in [0.15, 0.2) is 6.29 Å². The third-order valence-electron chi connectivity index (χ3n) is 5.48. The molecule has 4 nitrogen and oxygen atoms in total. The predicted molar refractivity (Wildman–Crippen MR) is 128 cm³/mol. The van der Waals surface area contributed by atoms with Crippen molar-refractivity contribution in [2.45, 2.75) is 76.9 Å². The summed E-state index contributed by atoms with van der Waals surface area (Å²) in [6.07, 6.45) is 1.10. The summed E-state index contributed by atoms with van der Waals surface area (Å²) in [5, 5.41) is 10.4. The molecule has 2 aromatic carbocycles. The molecule has 0 radical (unpaired) electrons. The van der Waals surface area contributed by atoms with Crippen LogP contribution < -0.4 is 0 Å². The van der Waals surface area contributed by atoms with E-state index in [1.54, 1.807) is 0 Å². The molecule has 0 saturated carbocycles. The molecule has 4 atom stereocenters. The molecule has 1 aliphatic heterocycles. The van der Waals surface area contributed by atoms with Gasteiger partial charge in [0.25, 0.3) is 0 Å². The summed E-state index contributed by atoms with van der Waals surface area (Å²) in [6.45, 7) is 10.7. The van der Waals surface area contributed by atoms with E-state index in [-0.39, 0.29) is 22.8 Å². The SMILES string of the molecule is CC1CCC(C(COCc2ccccc2)N(Cc2ccccc2)SC(C)(C)C)OC1O. The van der Waals surface area contributed by atoms with E-state index in [4.69, 9.17) is 9.47 Å². The molecule has 1 N–H and O–H groups in total. The quantitative estimate of drug-likeness (QED) is 0.507. The molecule has 170 valence electrons.